The molecule has 64 valence electrons. The van der Waals surface area contributed by atoms with Crippen molar-refractivity contribution in [3.8, 4) is 0 Å². The van der Waals surface area contributed by atoms with Crippen LogP contribution < -0.4 is 11.5 Å². The van der Waals surface area contributed by atoms with Gasteiger partial charge in [-0.3, -0.25) is 4.99 Å². The highest BCUT2D eigenvalue weighted by Crippen LogP contribution is 2.13. The quantitative estimate of drug-likeness (QED) is 0.461. The molecule has 4 N–H and O–H groups in total. The zero-order chi connectivity index (χ0) is 8.91. The van der Waals surface area contributed by atoms with E-state index in [1.54, 1.807) is 0 Å². The second kappa shape index (κ2) is 3.85. The predicted molar refractivity (Wildman–Crippen MR) is 35.9 cm³/mol. The summed E-state index contributed by atoms with van der Waals surface area (Å²) in [5, 5.41) is 0. The van der Waals surface area contributed by atoms with Crippen molar-refractivity contribution < 1.29 is 13.2 Å². The lowest BCUT2D eigenvalue weighted by atomic mass is 10.5. The lowest BCUT2D eigenvalue weighted by Gasteiger charge is -2.00. The van der Waals surface area contributed by atoms with E-state index in [1.165, 1.54) is 0 Å². The van der Waals surface area contributed by atoms with Gasteiger partial charge in [0.25, 0.3) is 0 Å². The third-order valence-corrected chi connectivity index (χ3v) is 0.708. The van der Waals surface area contributed by atoms with E-state index in [0.29, 0.717) is 0 Å². The molecular weight excluding hydrogens is 159 g/mol. The van der Waals surface area contributed by atoms with Crippen LogP contribution >= 0.6 is 0 Å². The van der Waals surface area contributed by atoms with Crippen LogP contribution in [0.2, 0.25) is 0 Å². The molecule has 0 radical (unpaired) electrons. The minimum absolute atomic E-state index is 0.232. The van der Waals surface area contributed by atoms with E-state index in [0.717, 1.165) is 12.3 Å². The number of rotatable bonds is 2. The highest BCUT2D eigenvalue weighted by atomic mass is 19.4. The van der Waals surface area contributed by atoms with E-state index < -0.39 is 12.7 Å². The minimum atomic E-state index is -4.31. The van der Waals surface area contributed by atoms with Crippen LogP contribution in [0.4, 0.5) is 13.2 Å². The Morgan fingerprint density at radius 2 is 2.00 bits per heavy atom. The van der Waals surface area contributed by atoms with Gasteiger partial charge in [0.2, 0.25) is 0 Å². The van der Waals surface area contributed by atoms with Crippen molar-refractivity contribution in [1.29, 1.82) is 0 Å². The number of aliphatic imine (C=N–C) groups is 1. The summed E-state index contributed by atoms with van der Waals surface area (Å²) in [6.45, 7) is -1.27. The Bertz CT molecular complexity index is 170. The van der Waals surface area contributed by atoms with Crippen LogP contribution in [0.1, 0.15) is 0 Å². The molecule has 0 aromatic rings. The van der Waals surface area contributed by atoms with Crippen molar-refractivity contribution in [2.45, 2.75) is 6.18 Å². The Hall–Kier alpha value is -1.20. The van der Waals surface area contributed by atoms with E-state index in [1.807, 2.05) is 0 Å². The highest BCUT2D eigenvalue weighted by molar-refractivity contribution is 5.91. The number of alkyl halides is 3. The summed E-state index contributed by atoms with van der Waals surface area (Å²) in [6, 6.07) is 0. The Balaban J connectivity index is 3.93. The van der Waals surface area contributed by atoms with E-state index in [9.17, 15) is 13.2 Å². The van der Waals surface area contributed by atoms with Crippen molar-refractivity contribution in [1.82, 2.24) is 0 Å². The molecule has 11 heavy (non-hydrogen) atoms. The van der Waals surface area contributed by atoms with E-state index in [-0.39, 0.29) is 5.84 Å². The summed E-state index contributed by atoms with van der Waals surface area (Å²) in [5.41, 5.74) is 9.82. The molecule has 0 aromatic carbocycles. The SMILES string of the molecule is NC=CC(N)=NCC(F)(F)F. The Kier molecular flexibility index (Phi) is 3.43. The Morgan fingerprint density at radius 3 is 2.36 bits per heavy atom. The van der Waals surface area contributed by atoms with Gasteiger partial charge in [-0.05, 0) is 12.3 Å². The molecule has 0 rings (SSSR count). The first-order valence-corrected chi connectivity index (χ1v) is 2.70. The molecular formula is C5H8F3N3. The topological polar surface area (TPSA) is 64.4 Å². The molecule has 0 spiro atoms. The maximum atomic E-state index is 11.4. The molecule has 0 bridgehead atoms. The van der Waals surface area contributed by atoms with Crippen molar-refractivity contribution >= 4 is 5.84 Å². The Labute approximate surface area is 61.6 Å². The third kappa shape index (κ3) is 6.69. The average molecular weight is 167 g/mol. The molecule has 0 unspecified atom stereocenters. The molecule has 3 nitrogen and oxygen atoms in total. The summed E-state index contributed by atoms with van der Waals surface area (Å²) >= 11 is 0. The molecule has 0 amide bonds. The maximum Gasteiger partial charge on any atom is 0.408 e. The zero-order valence-electron chi connectivity index (χ0n) is 5.60. The molecule has 0 saturated heterocycles. The second-order valence-corrected chi connectivity index (χ2v) is 1.72. The number of nitrogens with zero attached hydrogens (tertiary/aromatic N) is 1. The fourth-order valence-corrected chi connectivity index (χ4v) is 0.332. The van der Waals surface area contributed by atoms with Crippen LogP contribution in [0, 0.1) is 0 Å². The fourth-order valence-electron chi connectivity index (χ4n) is 0.332. The lowest BCUT2D eigenvalue weighted by Crippen LogP contribution is -2.17. The van der Waals surface area contributed by atoms with Gasteiger partial charge in [0.15, 0.2) is 0 Å². The van der Waals surface area contributed by atoms with E-state index >= 15 is 0 Å². The average Bonchev–Trinajstić information content (AvgIpc) is 1.83. The lowest BCUT2D eigenvalue weighted by molar-refractivity contribution is -0.118. The van der Waals surface area contributed by atoms with E-state index in [2.05, 4.69) is 4.99 Å². The Morgan fingerprint density at radius 1 is 1.45 bits per heavy atom. The van der Waals surface area contributed by atoms with E-state index in [4.69, 9.17) is 11.5 Å². The second-order valence-electron chi connectivity index (χ2n) is 1.72. The number of hydrogen-bond donors (Lipinski definition) is 2. The van der Waals surface area contributed by atoms with Crippen LogP contribution in [0.5, 0.6) is 0 Å². The standard InChI is InChI=1S/C5H8F3N3/c6-5(7,8)3-11-4(10)1-2-9/h1-2H,3,9H2,(H2,10,11). The molecule has 0 aromatic heterocycles. The normalized spacial score (nSPS) is 14.3. The summed E-state index contributed by atoms with van der Waals surface area (Å²) in [7, 11) is 0. The molecule has 6 heteroatoms. The van der Waals surface area contributed by atoms with Gasteiger partial charge in [0.1, 0.15) is 12.4 Å². The third-order valence-electron chi connectivity index (χ3n) is 0.708. The number of halogens is 3. The monoisotopic (exact) mass is 167 g/mol. The molecule has 0 heterocycles. The maximum absolute atomic E-state index is 11.4. The minimum Gasteiger partial charge on any atom is -0.404 e. The van der Waals surface area contributed by atoms with Crippen molar-refractivity contribution in [2.24, 2.45) is 16.5 Å². The first kappa shape index (κ1) is 9.80. The molecule has 0 aliphatic rings. The molecule has 0 aliphatic heterocycles. The smallest absolute Gasteiger partial charge is 0.404 e. The largest absolute Gasteiger partial charge is 0.408 e. The van der Waals surface area contributed by atoms with Crippen LogP contribution in [-0.4, -0.2) is 18.6 Å². The highest BCUT2D eigenvalue weighted by Gasteiger charge is 2.26. The van der Waals surface area contributed by atoms with Crippen LogP contribution in [0.3, 0.4) is 0 Å². The first-order chi connectivity index (χ1) is 4.95. The number of nitrogens with two attached hydrogens (primary N) is 2. The van der Waals surface area contributed by atoms with Crippen LogP contribution in [0.25, 0.3) is 0 Å². The van der Waals surface area contributed by atoms with Crippen molar-refractivity contribution in [3.05, 3.63) is 12.3 Å². The van der Waals surface area contributed by atoms with Gasteiger partial charge >= 0.3 is 6.18 Å². The fraction of sp³-hybridized carbons (Fsp3) is 0.400. The zero-order valence-corrected chi connectivity index (χ0v) is 5.60. The molecule has 0 aliphatic carbocycles. The van der Waals surface area contributed by atoms with Gasteiger partial charge in [-0.1, -0.05) is 0 Å². The molecule has 0 fully saturated rings. The predicted octanol–water partition coefficient (Wildman–Crippen LogP) is 0.378. The van der Waals surface area contributed by atoms with Crippen LogP contribution in [0.15, 0.2) is 17.3 Å². The van der Waals surface area contributed by atoms with Crippen LogP contribution in [-0.2, 0) is 0 Å². The van der Waals surface area contributed by atoms with Gasteiger partial charge < -0.3 is 11.5 Å². The molecule has 0 atom stereocenters. The van der Waals surface area contributed by atoms with Crippen molar-refractivity contribution in [3.63, 3.8) is 0 Å². The number of hydrogen-bond acceptors (Lipinski definition) is 2. The first-order valence-electron chi connectivity index (χ1n) is 2.70. The summed E-state index contributed by atoms with van der Waals surface area (Å²) in [6.07, 6.45) is -2.20. The number of amidine groups is 1. The summed E-state index contributed by atoms with van der Waals surface area (Å²) in [5.74, 6) is -0.232. The van der Waals surface area contributed by atoms with Crippen molar-refractivity contribution in [2.75, 3.05) is 6.54 Å². The van der Waals surface area contributed by atoms with Gasteiger partial charge in [-0.15, -0.1) is 0 Å². The molecule has 0 saturated carbocycles. The summed E-state index contributed by atoms with van der Waals surface area (Å²) < 4.78 is 34.3. The van der Waals surface area contributed by atoms with Gasteiger partial charge in [0.05, 0.1) is 0 Å². The van der Waals surface area contributed by atoms with Gasteiger partial charge in [0, 0.05) is 0 Å². The van der Waals surface area contributed by atoms with Gasteiger partial charge in [-0.25, -0.2) is 0 Å². The van der Waals surface area contributed by atoms with Gasteiger partial charge in [-0.2, -0.15) is 13.2 Å². The summed E-state index contributed by atoms with van der Waals surface area (Å²) in [4.78, 5) is 2.99.